The molecule has 0 radical (unpaired) electrons. The average molecular weight is 269 g/mol. The van der Waals surface area contributed by atoms with Gasteiger partial charge in [0, 0.05) is 19.9 Å². The maximum absolute atomic E-state index is 11.9. The van der Waals surface area contributed by atoms with Crippen LogP contribution in [0.4, 0.5) is 0 Å². The summed E-state index contributed by atoms with van der Waals surface area (Å²) < 4.78 is 4.93. The van der Waals surface area contributed by atoms with Gasteiger partial charge >= 0.3 is 5.97 Å². The van der Waals surface area contributed by atoms with Crippen molar-refractivity contribution in [2.24, 2.45) is 0 Å². The predicted octanol–water partition coefficient (Wildman–Crippen LogP) is 1.02. The number of carbonyl (C=O) groups is 2. The predicted molar refractivity (Wildman–Crippen MR) is 66.5 cm³/mol. The smallest absolute Gasteiger partial charge is 0.329 e. The zero-order valence-electron chi connectivity index (χ0n) is 11.6. The van der Waals surface area contributed by atoms with Gasteiger partial charge < -0.3 is 14.5 Å². The van der Waals surface area contributed by atoms with Gasteiger partial charge in [0.15, 0.2) is 5.82 Å². The number of carboxylic acid groups (broad SMARTS) is 1. The van der Waals surface area contributed by atoms with Crippen LogP contribution < -0.4 is 0 Å². The van der Waals surface area contributed by atoms with Crippen molar-refractivity contribution in [1.29, 1.82) is 0 Å². The highest BCUT2D eigenvalue weighted by molar-refractivity contribution is 5.86. The van der Waals surface area contributed by atoms with Crippen LogP contribution in [-0.4, -0.2) is 44.6 Å². The molecule has 0 fully saturated rings. The SMILES string of the molecule is Cc1noc(CCCC(=O)N(C)C(C)(C)C(=O)O)n1. The van der Waals surface area contributed by atoms with Gasteiger partial charge in [0.1, 0.15) is 5.54 Å². The summed E-state index contributed by atoms with van der Waals surface area (Å²) in [4.78, 5) is 28.2. The van der Waals surface area contributed by atoms with E-state index >= 15 is 0 Å². The van der Waals surface area contributed by atoms with Crippen LogP contribution >= 0.6 is 0 Å². The highest BCUT2D eigenvalue weighted by Gasteiger charge is 2.34. The van der Waals surface area contributed by atoms with Crippen LogP contribution in [0.1, 0.15) is 38.4 Å². The maximum Gasteiger partial charge on any atom is 0.329 e. The molecule has 1 amide bonds. The molecule has 1 rings (SSSR count). The van der Waals surface area contributed by atoms with Crippen molar-refractivity contribution in [1.82, 2.24) is 15.0 Å². The van der Waals surface area contributed by atoms with Crippen LogP contribution in [-0.2, 0) is 16.0 Å². The first-order chi connectivity index (χ1) is 8.75. The number of amides is 1. The second-order valence-electron chi connectivity index (χ2n) is 4.91. The topological polar surface area (TPSA) is 96.5 Å². The van der Waals surface area contributed by atoms with E-state index in [1.807, 2.05) is 0 Å². The molecular formula is C12H19N3O4. The molecule has 0 unspecified atom stereocenters. The first-order valence-electron chi connectivity index (χ1n) is 6.04. The minimum absolute atomic E-state index is 0.219. The summed E-state index contributed by atoms with van der Waals surface area (Å²) in [6, 6.07) is 0. The highest BCUT2D eigenvalue weighted by Crippen LogP contribution is 2.15. The molecule has 0 aliphatic carbocycles. The molecule has 1 aromatic heterocycles. The van der Waals surface area contributed by atoms with Crippen LogP contribution in [0.25, 0.3) is 0 Å². The number of nitrogens with zero attached hydrogens (tertiary/aromatic N) is 3. The summed E-state index contributed by atoms with van der Waals surface area (Å²) in [6.45, 7) is 4.71. The molecule has 0 saturated heterocycles. The van der Waals surface area contributed by atoms with Gasteiger partial charge in [0.25, 0.3) is 0 Å². The van der Waals surface area contributed by atoms with E-state index in [9.17, 15) is 9.59 Å². The van der Waals surface area contributed by atoms with E-state index in [1.54, 1.807) is 6.92 Å². The molecule has 0 bridgehead atoms. The van der Waals surface area contributed by atoms with E-state index in [-0.39, 0.29) is 12.3 Å². The number of rotatable bonds is 6. The second kappa shape index (κ2) is 5.81. The molecule has 7 nitrogen and oxygen atoms in total. The van der Waals surface area contributed by atoms with Crippen molar-refractivity contribution in [3.05, 3.63) is 11.7 Å². The van der Waals surface area contributed by atoms with Crippen molar-refractivity contribution in [2.45, 2.75) is 45.6 Å². The van der Waals surface area contributed by atoms with E-state index in [0.717, 1.165) is 0 Å². The zero-order chi connectivity index (χ0) is 14.6. The Hall–Kier alpha value is -1.92. The molecule has 0 spiro atoms. The van der Waals surface area contributed by atoms with E-state index in [1.165, 1.54) is 25.8 Å². The molecule has 0 aliphatic rings. The van der Waals surface area contributed by atoms with Gasteiger partial charge in [-0.3, -0.25) is 4.79 Å². The number of likely N-dealkylation sites (N-methyl/N-ethyl adjacent to an activating group) is 1. The van der Waals surface area contributed by atoms with Gasteiger partial charge in [0.05, 0.1) is 0 Å². The number of hydrogen-bond donors (Lipinski definition) is 1. The van der Waals surface area contributed by atoms with Gasteiger partial charge in [-0.1, -0.05) is 5.16 Å². The summed E-state index contributed by atoms with van der Waals surface area (Å²) in [7, 11) is 1.49. The summed E-state index contributed by atoms with van der Waals surface area (Å²) in [5.74, 6) is -0.199. The lowest BCUT2D eigenvalue weighted by Crippen LogP contribution is -2.50. The molecule has 0 atom stereocenters. The molecule has 7 heteroatoms. The average Bonchev–Trinajstić information content (AvgIpc) is 2.73. The Labute approximate surface area is 111 Å². The lowest BCUT2D eigenvalue weighted by molar-refractivity contribution is -0.155. The van der Waals surface area contributed by atoms with Gasteiger partial charge in [-0.15, -0.1) is 0 Å². The van der Waals surface area contributed by atoms with Gasteiger partial charge in [0.2, 0.25) is 11.8 Å². The standard InChI is InChI=1S/C12H19N3O4/c1-8-13-9(19-14-8)6-5-7-10(16)15(4)12(2,3)11(17)18/h5-7H2,1-4H3,(H,17,18). The number of aryl methyl sites for hydroxylation is 2. The summed E-state index contributed by atoms with van der Waals surface area (Å²) in [6.07, 6.45) is 1.29. The van der Waals surface area contributed by atoms with Crippen LogP contribution in [0, 0.1) is 6.92 Å². The first-order valence-corrected chi connectivity index (χ1v) is 6.04. The minimum Gasteiger partial charge on any atom is -0.480 e. The molecular weight excluding hydrogens is 250 g/mol. The van der Waals surface area contributed by atoms with Crippen molar-refractivity contribution >= 4 is 11.9 Å². The molecule has 1 heterocycles. The number of aromatic nitrogens is 2. The zero-order valence-corrected chi connectivity index (χ0v) is 11.6. The number of carbonyl (C=O) groups excluding carboxylic acids is 1. The molecule has 1 aromatic rings. The first kappa shape index (κ1) is 15.1. The lowest BCUT2D eigenvalue weighted by Gasteiger charge is -2.31. The number of aliphatic carboxylic acids is 1. The van der Waals surface area contributed by atoms with Crippen molar-refractivity contribution in [2.75, 3.05) is 7.05 Å². The molecule has 0 saturated carbocycles. The Morgan fingerprint density at radius 1 is 1.42 bits per heavy atom. The third kappa shape index (κ3) is 3.77. The lowest BCUT2D eigenvalue weighted by atomic mass is 10.0. The van der Waals surface area contributed by atoms with Crippen molar-refractivity contribution in [3.63, 3.8) is 0 Å². The third-order valence-corrected chi connectivity index (χ3v) is 3.09. The fraction of sp³-hybridized carbons (Fsp3) is 0.667. The summed E-state index contributed by atoms with van der Waals surface area (Å²) in [5.41, 5.74) is -1.21. The molecule has 0 aromatic carbocycles. The molecule has 1 N–H and O–H groups in total. The Bertz CT molecular complexity index is 467. The molecule has 106 valence electrons. The third-order valence-electron chi connectivity index (χ3n) is 3.09. The van der Waals surface area contributed by atoms with E-state index in [2.05, 4.69) is 10.1 Å². The fourth-order valence-electron chi connectivity index (χ4n) is 1.46. The molecule has 19 heavy (non-hydrogen) atoms. The Kier molecular flexibility index (Phi) is 4.63. The second-order valence-corrected chi connectivity index (χ2v) is 4.91. The van der Waals surface area contributed by atoms with E-state index < -0.39 is 11.5 Å². The van der Waals surface area contributed by atoms with E-state index in [4.69, 9.17) is 9.63 Å². The van der Waals surface area contributed by atoms with Crippen LogP contribution in [0.5, 0.6) is 0 Å². The van der Waals surface area contributed by atoms with Gasteiger partial charge in [-0.2, -0.15) is 4.98 Å². The minimum atomic E-state index is -1.21. The van der Waals surface area contributed by atoms with Crippen LogP contribution in [0.15, 0.2) is 4.52 Å². The van der Waals surface area contributed by atoms with Crippen LogP contribution in [0.2, 0.25) is 0 Å². The Balaban J connectivity index is 2.45. The normalized spacial score (nSPS) is 11.4. The number of hydrogen-bond acceptors (Lipinski definition) is 5. The highest BCUT2D eigenvalue weighted by atomic mass is 16.5. The quantitative estimate of drug-likeness (QED) is 0.828. The number of carboxylic acids is 1. The van der Waals surface area contributed by atoms with Gasteiger partial charge in [-0.25, -0.2) is 4.79 Å². The van der Waals surface area contributed by atoms with E-state index in [0.29, 0.717) is 24.6 Å². The Morgan fingerprint density at radius 3 is 2.53 bits per heavy atom. The van der Waals surface area contributed by atoms with Crippen molar-refractivity contribution in [3.8, 4) is 0 Å². The maximum atomic E-state index is 11.9. The Morgan fingerprint density at radius 2 is 2.05 bits per heavy atom. The fourth-order valence-corrected chi connectivity index (χ4v) is 1.46. The monoisotopic (exact) mass is 269 g/mol. The summed E-state index contributed by atoms with van der Waals surface area (Å²) >= 11 is 0. The largest absolute Gasteiger partial charge is 0.480 e. The van der Waals surface area contributed by atoms with Crippen LogP contribution in [0.3, 0.4) is 0 Å². The summed E-state index contributed by atoms with van der Waals surface area (Å²) in [5, 5.41) is 12.7. The van der Waals surface area contributed by atoms with Gasteiger partial charge in [-0.05, 0) is 27.2 Å². The van der Waals surface area contributed by atoms with Crippen molar-refractivity contribution < 1.29 is 19.2 Å². The molecule has 0 aliphatic heterocycles.